The highest BCUT2D eigenvalue weighted by Gasteiger charge is 1.91. The highest BCUT2D eigenvalue weighted by molar-refractivity contribution is 4.85. The maximum absolute atomic E-state index is 8.21. The Morgan fingerprint density at radius 1 is 1.40 bits per heavy atom. The molecule has 0 radical (unpaired) electrons. The van der Waals surface area contributed by atoms with Gasteiger partial charge in [-0.3, -0.25) is 0 Å². The van der Waals surface area contributed by atoms with Gasteiger partial charge in [-0.2, -0.15) is 5.26 Å². The summed E-state index contributed by atoms with van der Waals surface area (Å²) in [6, 6.07) is 2.02. The van der Waals surface area contributed by atoms with Gasteiger partial charge in [-0.05, 0) is 0 Å². The molecule has 0 spiro atoms. The molecule has 0 aliphatic carbocycles. The van der Waals surface area contributed by atoms with Crippen LogP contribution >= 0.6 is 0 Å². The van der Waals surface area contributed by atoms with Crippen LogP contribution < -0.4 is 0 Å². The zero-order valence-electron chi connectivity index (χ0n) is 5.36. The van der Waals surface area contributed by atoms with E-state index in [1.807, 2.05) is 6.07 Å². The number of rotatable bonds is 2. The summed E-state index contributed by atoms with van der Waals surface area (Å²) in [5.74, 6) is 0.677. The van der Waals surface area contributed by atoms with E-state index in [0.717, 1.165) is 0 Å². The van der Waals surface area contributed by atoms with E-state index in [1.165, 1.54) is 12.7 Å². The van der Waals surface area contributed by atoms with Gasteiger partial charge >= 0.3 is 0 Å². The first-order valence-electron chi connectivity index (χ1n) is 2.91. The normalized spacial score (nSPS) is 8.70. The quantitative estimate of drug-likeness (QED) is 0.584. The summed E-state index contributed by atoms with van der Waals surface area (Å²) in [7, 11) is 0. The van der Waals surface area contributed by atoms with Crippen molar-refractivity contribution in [3.63, 3.8) is 0 Å². The lowest BCUT2D eigenvalue weighted by molar-refractivity contribution is 0.856. The van der Waals surface area contributed by atoms with E-state index in [9.17, 15) is 0 Å². The Bertz CT molecular complexity index is 225. The Hall–Kier alpha value is -1.50. The van der Waals surface area contributed by atoms with Gasteiger partial charge in [0, 0.05) is 12.8 Å². The number of nitriles is 1. The molecule has 1 heterocycles. The number of hydrogen-bond acceptors (Lipinski definition) is 4. The van der Waals surface area contributed by atoms with Gasteiger partial charge in [0.25, 0.3) is 0 Å². The molecule has 1 aromatic heterocycles. The molecular formula is C6H6N4. The molecule has 0 amide bonds. The fourth-order valence-electron chi connectivity index (χ4n) is 0.560. The third-order valence-electron chi connectivity index (χ3n) is 1.01. The molecule has 10 heavy (non-hydrogen) atoms. The van der Waals surface area contributed by atoms with E-state index in [2.05, 4.69) is 15.0 Å². The number of hydrogen-bond donors (Lipinski definition) is 0. The zero-order valence-corrected chi connectivity index (χ0v) is 5.36. The minimum atomic E-state index is 0.462. The molecule has 0 fully saturated rings. The molecule has 1 aromatic rings. The fraction of sp³-hybridized carbons (Fsp3) is 0.333. The van der Waals surface area contributed by atoms with Crippen LogP contribution in [0.2, 0.25) is 0 Å². The van der Waals surface area contributed by atoms with Crippen molar-refractivity contribution in [1.82, 2.24) is 15.0 Å². The van der Waals surface area contributed by atoms with Crippen molar-refractivity contribution < 1.29 is 0 Å². The van der Waals surface area contributed by atoms with Crippen LogP contribution in [0, 0.1) is 11.3 Å². The van der Waals surface area contributed by atoms with E-state index in [1.54, 1.807) is 0 Å². The molecule has 50 valence electrons. The SMILES string of the molecule is N#CCCc1ncncn1. The smallest absolute Gasteiger partial charge is 0.132 e. The molecule has 0 aliphatic heterocycles. The van der Waals surface area contributed by atoms with Crippen molar-refractivity contribution in [2.75, 3.05) is 0 Å². The van der Waals surface area contributed by atoms with Gasteiger partial charge in [-0.25, -0.2) is 15.0 Å². The van der Waals surface area contributed by atoms with Crippen molar-refractivity contribution in [1.29, 1.82) is 5.26 Å². The minimum Gasteiger partial charge on any atom is -0.225 e. The third kappa shape index (κ3) is 1.78. The second kappa shape index (κ2) is 3.51. The average molecular weight is 134 g/mol. The van der Waals surface area contributed by atoms with E-state index < -0.39 is 0 Å². The molecule has 0 atom stereocenters. The predicted molar refractivity (Wildman–Crippen MR) is 33.8 cm³/mol. The molecule has 1 rings (SSSR count). The first-order chi connectivity index (χ1) is 4.93. The largest absolute Gasteiger partial charge is 0.225 e. The van der Waals surface area contributed by atoms with Gasteiger partial charge in [-0.15, -0.1) is 0 Å². The van der Waals surface area contributed by atoms with Crippen LogP contribution in [0.1, 0.15) is 12.2 Å². The van der Waals surface area contributed by atoms with Crippen molar-refractivity contribution in [2.45, 2.75) is 12.8 Å². The Balaban J connectivity index is 2.52. The van der Waals surface area contributed by atoms with Crippen molar-refractivity contribution >= 4 is 0 Å². The van der Waals surface area contributed by atoms with Crippen LogP contribution in [-0.2, 0) is 6.42 Å². The molecule has 0 N–H and O–H groups in total. The van der Waals surface area contributed by atoms with E-state index in [0.29, 0.717) is 18.7 Å². The Morgan fingerprint density at radius 3 is 2.70 bits per heavy atom. The van der Waals surface area contributed by atoms with E-state index >= 15 is 0 Å². The molecule has 0 bridgehead atoms. The molecule has 4 nitrogen and oxygen atoms in total. The van der Waals surface area contributed by atoms with E-state index in [-0.39, 0.29) is 0 Å². The second-order valence-corrected chi connectivity index (χ2v) is 1.71. The molecule has 0 saturated heterocycles. The van der Waals surface area contributed by atoms with Crippen LogP contribution in [-0.4, -0.2) is 15.0 Å². The molecule has 0 unspecified atom stereocenters. The summed E-state index contributed by atoms with van der Waals surface area (Å²) in [4.78, 5) is 11.3. The molecule has 0 aliphatic rings. The summed E-state index contributed by atoms with van der Waals surface area (Å²) < 4.78 is 0. The van der Waals surface area contributed by atoms with Gasteiger partial charge < -0.3 is 0 Å². The van der Waals surface area contributed by atoms with Crippen LogP contribution in [0.15, 0.2) is 12.7 Å². The third-order valence-corrected chi connectivity index (χ3v) is 1.01. The maximum atomic E-state index is 8.21. The highest BCUT2D eigenvalue weighted by atomic mass is 15.0. The van der Waals surface area contributed by atoms with Crippen molar-refractivity contribution in [2.24, 2.45) is 0 Å². The summed E-state index contributed by atoms with van der Waals surface area (Å²) in [5.41, 5.74) is 0. The average Bonchev–Trinajstić information content (AvgIpc) is 2.03. The Morgan fingerprint density at radius 2 is 2.10 bits per heavy atom. The lowest BCUT2D eigenvalue weighted by Crippen LogP contribution is -1.93. The van der Waals surface area contributed by atoms with Gasteiger partial charge in [0.05, 0.1) is 6.07 Å². The maximum Gasteiger partial charge on any atom is 0.132 e. The van der Waals surface area contributed by atoms with Crippen LogP contribution in [0.3, 0.4) is 0 Å². The van der Waals surface area contributed by atoms with Gasteiger partial charge in [0.1, 0.15) is 18.5 Å². The number of aryl methyl sites for hydroxylation is 1. The minimum absolute atomic E-state index is 0.462. The Labute approximate surface area is 58.6 Å². The summed E-state index contributed by atoms with van der Waals surface area (Å²) in [6.45, 7) is 0. The second-order valence-electron chi connectivity index (χ2n) is 1.71. The number of aromatic nitrogens is 3. The van der Waals surface area contributed by atoms with Gasteiger partial charge in [0.2, 0.25) is 0 Å². The highest BCUT2D eigenvalue weighted by Crippen LogP contribution is 1.89. The monoisotopic (exact) mass is 134 g/mol. The van der Waals surface area contributed by atoms with E-state index in [4.69, 9.17) is 5.26 Å². The van der Waals surface area contributed by atoms with Gasteiger partial charge in [0.15, 0.2) is 0 Å². The predicted octanol–water partition coefficient (Wildman–Crippen LogP) is 0.328. The fourth-order valence-corrected chi connectivity index (χ4v) is 0.560. The lowest BCUT2D eigenvalue weighted by Gasteiger charge is -1.89. The summed E-state index contributed by atoms with van der Waals surface area (Å²) in [5, 5.41) is 8.21. The van der Waals surface area contributed by atoms with Crippen molar-refractivity contribution in [3.8, 4) is 6.07 Å². The summed E-state index contributed by atoms with van der Waals surface area (Å²) in [6.07, 6.45) is 3.93. The molecular weight excluding hydrogens is 128 g/mol. The first-order valence-corrected chi connectivity index (χ1v) is 2.91. The molecule has 4 heteroatoms. The molecule has 0 saturated carbocycles. The van der Waals surface area contributed by atoms with Crippen molar-refractivity contribution in [3.05, 3.63) is 18.5 Å². The zero-order chi connectivity index (χ0) is 7.23. The number of nitrogens with zero attached hydrogens (tertiary/aromatic N) is 4. The van der Waals surface area contributed by atoms with Crippen LogP contribution in [0.5, 0.6) is 0 Å². The first kappa shape index (κ1) is 6.62. The van der Waals surface area contributed by atoms with Crippen LogP contribution in [0.25, 0.3) is 0 Å². The topological polar surface area (TPSA) is 62.5 Å². The molecule has 0 aromatic carbocycles. The summed E-state index contributed by atoms with van der Waals surface area (Å²) >= 11 is 0. The standard InChI is InChI=1S/C6H6N4/c7-3-1-2-6-9-4-8-5-10-6/h4-5H,1-2H2. The van der Waals surface area contributed by atoms with Gasteiger partial charge in [-0.1, -0.05) is 0 Å². The lowest BCUT2D eigenvalue weighted by atomic mass is 10.3. The van der Waals surface area contributed by atoms with Crippen LogP contribution in [0.4, 0.5) is 0 Å². The Kier molecular flexibility index (Phi) is 2.32.